The van der Waals surface area contributed by atoms with Crippen molar-refractivity contribution in [3.8, 4) is 0 Å². The van der Waals surface area contributed by atoms with Crippen LogP contribution in [-0.4, -0.2) is 18.8 Å². The minimum absolute atomic E-state index is 0.0680. The molecule has 1 rings (SSSR count). The lowest BCUT2D eigenvalue weighted by Gasteiger charge is -2.06. The maximum absolute atomic E-state index is 11.6. The van der Waals surface area contributed by atoms with E-state index < -0.39 is 12.6 Å². The van der Waals surface area contributed by atoms with Crippen molar-refractivity contribution in [1.82, 2.24) is 5.32 Å². The van der Waals surface area contributed by atoms with E-state index in [1.807, 2.05) is 6.92 Å². The number of rotatable bonds is 3. The Morgan fingerprint density at radius 1 is 1.45 bits per heavy atom. The lowest BCUT2D eigenvalue weighted by molar-refractivity contribution is -0.133. The van der Waals surface area contributed by atoms with Crippen LogP contribution in [0.4, 0.5) is 13.2 Å². The number of halogens is 3. The van der Waals surface area contributed by atoms with Crippen molar-refractivity contribution in [2.24, 2.45) is 5.92 Å². The number of alkyl halides is 3. The molecule has 0 saturated heterocycles. The fourth-order valence-electron chi connectivity index (χ4n) is 1.01. The molecule has 0 aromatic carbocycles. The zero-order valence-corrected chi connectivity index (χ0v) is 6.41. The van der Waals surface area contributed by atoms with E-state index in [4.69, 9.17) is 0 Å². The summed E-state index contributed by atoms with van der Waals surface area (Å²) in [6.07, 6.45) is -3.70. The van der Waals surface area contributed by atoms with Crippen LogP contribution in [0.3, 0.4) is 0 Å². The predicted octanol–water partition coefficient (Wildman–Crippen LogP) is 1.94. The third-order valence-electron chi connectivity index (χ3n) is 1.92. The van der Waals surface area contributed by atoms with Gasteiger partial charge in [-0.2, -0.15) is 13.2 Å². The maximum Gasteiger partial charge on any atom is 0.390 e. The highest BCUT2D eigenvalue weighted by Crippen LogP contribution is 2.29. The Morgan fingerprint density at radius 3 is 2.36 bits per heavy atom. The summed E-state index contributed by atoms with van der Waals surface area (Å²) < 4.78 is 34.8. The first-order chi connectivity index (χ1) is 4.99. The zero-order chi connectivity index (χ0) is 8.48. The third kappa shape index (κ3) is 3.60. The van der Waals surface area contributed by atoms with Crippen molar-refractivity contribution in [3.05, 3.63) is 0 Å². The van der Waals surface area contributed by atoms with Crippen LogP contribution in [0.5, 0.6) is 0 Å². The van der Waals surface area contributed by atoms with Crippen LogP contribution in [0.2, 0.25) is 0 Å². The van der Waals surface area contributed by atoms with Crippen LogP contribution in [0.15, 0.2) is 0 Å². The first-order valence-electron chi connectivity index (χ1n) is 3.79. The van der Waals surface area contributed by atoms with Gasteiger partial charge in [-0.25, -0.2) is 0 Å². The molecular weight excluding hydrogens is 155 g/mol. The molecule has 11 heavy (non-hydrogen) atoms. The zero-order valence-electron chi connectivity index (χ0n) is 6.41. The first-order valence-corrected chi connectivity index (χ1v) is 3.79. The molecule has 0 radical (unpaired) electrons. The predicted molar refractivity (Wildman–Crippen MR) is 36.2 cm³/mol. The van der Waals surface area contributed by atoms with E-state index in [0.717, 1.165) is 6.42 Å². The molecule has 66 valence electrons. The molecule has 2 unspecified atom stereocenters. The summed E-state index contributed by atoms with van der Waals surface area (Å²) >= 11 is 0. The van der Waals surface area contributed by atoms with Gasteiger partial charge < -0.3 is 5.32 Å². The van der Waals surface area contributed by atoms with Crippen molar-refractivity contribution in [3.63, 3.8) is 0 Å². The van der Waals surface area contributed by atoms with E-state index in [-0.39, 0.29) is 6.54 Å². The SMILES string of the molecule is CC1CC1NCCC(F)(F)F. The standard InChI is InChI=1S/C7H12F3N/c1-5-4-6(5)11-3-2-7(8,9)10/h5-6,11H,2-4H2,1H3. The summed E-state index contributed by atoms with van der Waals surface area (Å²) in [5, 5.41) is 2.84. The number of hydrogen-bond acceptors (Lipinski definition) is 1. The highest BCUT2D eigenvalue weighted by molar-refractivity contribution is 4.89. The average Bonchev–Trinajstić information content (AvgIpc) is 2.43. The summed E-state index contributed by atoms with van der Waals surface area (Å²) in [6.45, 7) is 2.10. The Labute approximate surface area is 64.0 Å². The fraction of sp³-hybridized carbons (Fsp3) is 1.00. The van der Waals surface area contributed by atoms with Gasteiger partial charge in [0.1, 0.15) is 0 Å². The van der Waals surface area contributed by atoms with Crippen molar-refractivity contribution in [2.75, 3.05) is 6.54 Å². The molecule has 1 fully saturated rings. The van der Waals surface area contributed by atoms with Gasteiger partial charge in [0.25, 0.3) is 0 Å². The summed E-state index contributed by atoms with van der Waals surface area (Å²) in [7, 11) is 0. The molecular formula is C7H12F3N. The normalized spacial score (nSPS) is 30.5. The second-order valence-corrected chi connectivity index (χ2v) is 3.14. The molecule has 1 saturated carbocycles. The quantitative estimate of drug-likeness (QED) is 0.677. The van der Waals surface area contributed by atoms with E-state index in [1.165, 1.54) is 0 Å². The number of nitrogens with one attached hydrogen (secondary N) is 1. The van der Waals surface area contributed by atoms with Crippen LogP contribution in [-0.2, 0) is 0 Å². The molecule has 1 aliphatic rings. The second-order valence-electron chi connectivity index (χ2n) is 3.14. The lowest BCUT2D eigenvalue weighted by atomic mass is 10.4. The molecule has 0 heterocycles. The smallest absolute Gasteiger partial charge is 0.313 e. The van der Waals surface area contributed by atoms with E-state index in [9.17, 15) is 13.2 Å². The van der Waals surface area contributed by atoms with Gasteiger partial charge in [-0.3, -0.25) is 0 Å². The van der Waals surface area contributed by atoms with Crippen LogP contribution in [0, 0.1) is 5.92 Å². The van der Waals surface area contributed by atoms with Crippen LogP contribution < -0.4 is 5.32 Å². The molecule has 0 aromatic heterocycles. The van der Waals surface area contributed by atoms with Crippen LogP contribution in [0.1, 0.15) is 19.8 Å². The third-order valence-corrected chi connectivity index (χ3v) is 1.92. The van der Waals surface area contributed by atoms with Gasteiger partial charge in [-0.15, -0.1) is 0 Å². The Bertz CT molecular complexity index is 132. The summed E-state index contributed by atoms with van der Waals surface area (Å²) in [4.78, 5) is 0. The second kappa shape index (κ2) is 3.01. The van der Waals surface area contributed by atoms with Crippen molar-refractivity contribution in [1.29, 1.82) is 0 Å². The Balaban J connectivity index is 1.97. The van der Waals surface area contributed by atoms with E-state index in [0.29, 0.717) is 12.0 Å². The average molecular weight is 167 g/mol. The molecule has 4 heteroatoms. The van der Waals surface area contributed by atoms with Gasteiger partial charge in [0.2, 0.25) is 0 Å². The molecule has 1 aliphatic carbocycles. The molecule has 1 nitrogen and oxygen atoms in total. The minimum atomic E-state index is -4.01. The van der Waals surface area contributed by atoms with Gasteiger partial charge in [-0.1, -0.05) is 6.92 Å². The van der Waals surface area contributed by atoms with Crippen LogP contribution in [0.25, 0.3) is 0 Å². The largest absolute Gasteiger partial charge is 0.390 e. The Hall–Kier alpha value is -0.250. The topological polar surface area (TPSA) is 12.0 Å². The van der Waals surface area contributed by atoms with Gasteiger partial charge in [0.15, 0.2) is 0 Å². The highest BCUT2D eigenvalue weighted by atomic mass is 19.4. The summed E-state index contributed by atoms with van der Waals surface area (Å²) in [5.41, 5.74) is 0. The molecule has 1 N–H and O–H groups in total. The lowest BCUT2D eigenvalue weighted by Crippen LogP contribution is -2.24. The van der Waals surface area contributed by atoms with Gasteiger partial charge in [0, 0.05) is 12.6 Å². The van der Waals surface area contributed by atoms with Crippen LogP contribution >= 0.6 is 0 Å². The van der Waals surface area contributed by atoms with E-state index in [1.54, 1.807) is 0 Å². The molecule has 2 atom stereocenters. The van der Waals surface area contributed by atoms with Gasteiger partial charge >= 0.3 is 6.18 Å². The summed E-state index contributed by atoms with van der Waals surface area (Å²) in [6, 6.07) is 0.345. The molecule has 0 amide bonds. The minimum Gasteiger partial charge on any atom is -0.313 e. The highest BCUT2D eigenvalue weighted by Gasteiger charge is 2.33. The summed E-state index contributed by atoms with van der Waals surface area (Å²) in [5.74, 6) is 0.572. The molecule has 0 spiro atoms. The molecule has 0 bridgehead atoms. The van der Waals surface area contributed by atoms with Crippen molar-refractivity contribution < 1.29 is 13.2 Å². The van der Waals surface area contributed by atoms with Gasteiger partial charge in [-0.05, 0) is 12.3 Å². The molecule has 0 aliphatic heterocycles. The van der Waals surface area contributed by atoms with E-state index in [2.05, 4.69) is 5.32 Å². The molecule has 0 aromatic rings. The monoisotopic (exact) mass is 167 g/mol. The first kappa shape index (κ1) is 8.84. The number of hydrogen-bond donors (Lipinski definition) is 1. The van der Waals surface area contributed by atoms with Crippen molar-refractivity contribution in [2.45, 2.75) is 32.0 Å². The van der Waals surface area contributed by atoms with E-state index >= 15 is 0 Å². The maximum atomic E-state index is 11.6. The Morgan fingerprint density at radius 2 is 2.00 bits per heavy atom. The Kier molecular flexibility index (Phi) is 2.42. The van der Waals surface area contributed by atoms with Gasteiger partial charge in [0.05, 0.1) is 6.42 Å². The fourth-order valence-corrected chi connectivity index (χ4v) is 1.01. The van der Waals surface area contributed by atoms with Crippen molar-refractivity contribution >= 4 is 0 Å².